The highest BCUT2D eigenvalue weighted by Gasteiger charge is 2.20. The van der Waals surface area contributed by atoms with Gasteiger partial charge >= 0.3 is 0 Å². The molecule has 0 saturated heterocycles. The lowest BCUT2D eigenvalue weighted by molar-refractivity contribution is 0.722. The summed E-state index contributed by atoms with van der Waals surface area (Å²) in [6.45, 7) is 15.0. The molecular formula is C23H32N4. The van der Waals surface area contributed by atoms with Gasteiger partial charge in [0.2, 0.25) is 0 Å². The van der Waals surface area contributed by atoms with Crippen LogP contribution < -0.4 is 4.90 Å². The Hall–Kier alpha value is -2.36. The van der Waals surface area contributed by atoms with Crippen LogP contribution in [0, 0.1) is 27.7 Å². The summed E-state index contributed by atoms with van der Waals surface area (Å²) in [6, 6.07) is 4.52. The lowest BCUT2D eigenvalue weighted by Crippen LogP contribution is -2.26. The molecule has 0 radical (unpaired) electrons. The number of aromatic nitrogens is 3. The molecule has 3 aromatic rings. The average molecular weight is 365 g/mol. The van der Waals surface area contributed by atoms with Crippen molar-refractivity contribution in [2.75, 3.05) is 18.0 Å². The van der Waals surface area contributed by atoms with Crippen LogP contribution in [0.25, 0.3) is 22.2 Å². The standard InChI is InChI=1S/C23H32N4/c1-8-10-11-27(9-2)23-22-21(24-18(6)25-23)19(14-26(22)7)20-16(4)12-15(3)13-17(20)5/h12-14H,8-11H2,1-7H3. The van der Waals surface area contributed by atoms with Gasteiger partial charge in [-0.3, -0.25) is 0 Å². The van der Waals surface area contributed by atoms with Gasteiger partial charge in [0, 0.05) is 31.9 Å². The zero-order chi connectivity index (χ0) is 19.7. The summed E-state index contributed by atoms with van der Waals surface area (Å²) < 4.78 is 2.20. The zero-order valence-corrected chi connectivity index (χ0v) is 17.8. The highest BCUT2D eigenvalue weighted by molar-refractivity contribution is 5.99. The van der Waals surface area contributed by atoms with Crippen LogP contribution in [0.5, 0.6) is 0 Å². The lowest BCUT2D eigenvalue weighted by atomic mass is 9.95. The number of nitrogens with zero attached hydrogens (tertiary/aromatic N) is 4. The fourth-order valence-electron chi connectivity index (χ4n) is 4.15. The van der Waals surface area contributed by atoms with Crippen molar-refractivity contribution in [3.8, 4) is 11.1 Å². The van der Waals surface area contributed by atoms with E-state index in [0.717, 1.165) is 35.8 Å². The van der Waals surface area contributed by atoms with E-state index in [1.54, 1.807) is 0 Å². The summed E-state index contributed by atoms with van der Waals surface area (Å²) in [7, 11) is 2.11. The lowest BCUT2D eigenvalue weighted by Gasteiger charge is -2.23. The first-order chi connectivity index (χ1) is 12.9. The van der Waals surface area contributed by atoms with Crippen LogP contribution in [0.4, 0.5) is 5.82 Å². The molecule has 0 amide bonds. The second-order valence-electron chi connectivity index (χ2n) is 7.65. The molecule has 2 heterocycles. The molecule has 0 saturated carbocycles. The smallest absolute Gasteiger partial charge is 0.156 e. The quantitative estimate of drug-likeness (QED) is 0.579. The number of rotatable bonds is 6. The van der Waals surface area contributed by atoms with Gasteiger partial charge in [-0.25, -0.2) is 9.97 Å². The van der Waals surface area contributed by atoms with E-state index in [9.17, 15) is 0 Å². The monoisotopic (exact) mass is 364 g/mol. The number of aryl methyl sites for hydroxylation is 5. The maximum atomic E-state index is 4.88. The van der Waals surface area contributed by atoms with Gasteiger partial charge in [-0.1, -0.05) is 31.0 Å². The van der Waals surface area contributed by atoms with E-state index in [2.05, 4.69) is 69.5 Å². The van der Waals surface area contributed by atoms with Gasteiger partial charge in [-0.2, -0.15) is 0 Å². The normalized spacial score (nSPS) is 11.4. The Labute approximate surface area is 163 Å². The van der Waals surface area contributed by atoms with Crippen molar-refractivity contribution in [3.05, 3.63) is 40.8 Å². The predicted molar refractivity (Wildman–Crippen MR) is 116 cm³/mol. The summed E-state index contributed by atoms with van der Waals surface area (Å²) in [5.41, 5.74) is 8.61. The van der Waals surface area contributed by atoms with E-state index in [0.29, 0.717) is 0 Å². The molecule has 0 bridgehead atoms. The Morgan fingerprint density at radius 1 is 1.00 bits per heavy atom. The second-order valence-corrected chi connectivity index (χ2v) is 7.65. The molecular weight excluding hydrogens is 332 g/mol. The minimum absolute atomic E-state index is 0.835. The van der Waals surface area contributed by atoms with Gasteiger partial charge in [0.05, 0.1) is 0 Å². The molecule has 0 spiro atoms. The number of fused-ring (bicyclic) bond motifs is 1. The van der Waals surface area contributed by atoms with Gasteiger partial charge in [-0.05, 0) is 57.7 Å². The molecule has 27 heavy (non-hydrogen) atoms. The topological polar surface area (TPSA) is 34.0 Å². The van der Waals surface area contributed by atoms with Crippen LogP contribution >= 0.6 is 0 Å². The van der Waals surface area contributed by atoms with Crippen molar-refractivity contribution >= 4 is 16.9 Å². The summed E-state index contributed by atoms with van der Waals surface area (Å²) in [6.07, 6.45) is 4.58. The summed E-state index contributed by atoms with van der Waals surface area (Å²) in [5, 5.41) is 0. The minimum Gasteiger partial charge on any atom is -0.355 e. The summed E-state index contributed by atoms with van der Waals surface area (Å²) in [4.78, 5) is 12.1. The van der Waals surface area contributed by atoms with Crippen LogP contribution in [0.15, 0.2) is 18.3 Å². The van der Waals surface area contributed by atoms with Crippen molar-refractivity contribution in [2.45, 2.75) is 54.4 Å². The van der Waals surface area contributed by atoms with Gasteiger partial charge in [0.1, 0.15) is 16.9 Å². The van der Waals surface area contributed by atoms with Crippen LogP contribution in [-0.2, 0) is 7.05 Å². The minimum atomic E-state index is 0.835. The Balaban J connectivity index is 2.27. The van der Waals surface area contributed by atoms with Crippen molar-refractivity contribution < 1.29 is 0 Å². The summed E-state index contributed by atoms with van der Waals surface area (Å²) >= 11 is 0. The van der Waals surface area contributed by atoms with Gasteiger partial charge < -0.3 is 9.47 Å². The van der Waals surface area contributed by atoms with Gasteiger partial charge in [-0.15, -0.1) is 0 Å². The molecule has 4 nitrogen and oxygen atoms in total. The Morgan fingerprint density at radius 3 is 2.26 bits per heavy atom. The number of hydrogen-bond acceptors (Lipinski definition) is 3. The molecule has 144 valence electrons. The highest BCUT2D eigenvalue weighted by Crippen LogP contribution is 2.37. The third kappa shape index (κ3) is 3.58. The number of unbranched alkanes of at least 4 members (excludes halogenated alkanes) is 1. The zero-order valence-electron chi connectivity index (χ0n) is 17.8. The molecule has 3 rings (SSSR count). The molecule has 0 unspecified atom stereocenters. The highest BCUT2D eigenvalue weighted by atomic mass is 15.2. The van der Waals surface area contributed by atoms with Crippen LogP contribution in [0.1, 0.15) is 49.2 Å². The number of hydrogen-bond donors (Lipinski definition) is 0. The third-order valence-corrected chi connectivity index (χ3v) is 5.32. The third-order valence-electron chi connectivity index (χ3n) is 5.32. The van der Waals surface area contributed by atoms with Crippen molar-refractivity contribution in [1.29, 1.82) is 0 Å². The van der Waals surface area contributed by atoms with E-state index < -0.39 is 0 Å². The van der Waals surface area contributed by atoms with Gasteiger partial charge in [0.15, 0.2) is 5.82 Å². The van der Waals surface area contributed by atoms with Gasteiger partial charge in [0.25, 0.3) is 0 Å². The molecule has 1 aromatic carbocycles. The Morgan fingerprint density at radius 2 is 1.67 bits per heavy atom. The molecule has 0 aliphatic heterocycles. The molecule has 0 atom stereocenters. The van der Waals surface area contributed by atoms with E-state index >= 15 is 0 Å². The maximum absolute atomic E-state index is 4.88. The van der Waals surface area contributed by atoms with E-state index in [1.807, 2.05) is 6.92 Å². The number of benzene rings is 1. The Kier molecular flexibility index (Phi) is 5.54. The van der Waals surface area contributed by atoms with Crippen LogP contribution in [0.2, 0.25) is 0 Å². The molecule has 0 fully saturated rings. The van der Waals surface area contributed by atoms with Crippen LogP contribution in [0.3, 0.4) is 0 Å². The van der Waals surface area contributed by atoms with Crippen LogP contribution in [-0.4, -0.2) is 27.6 Å². The molecule has 4 heteroatoms. The second kappa shape index (κ2) is 7.71. The van der Waals surface area contributed by atoms with Crippen molar-refractivity contribution in [1.82, 2.24) is 14.5 Å². The SMILES string of the molecule is CCCCN(CC)c1nc(C)nc2c(-c3c(C)cc(C)cc3C)cn(C)c12. The van der Waals surface area contributed by atoms with E-state index in [-0.39, 0.29) is 0 Å². The van der Waals surface area contributed by atoms with Crippen molar-refractivity contribution in [2.24, 2.45) is 7.05 Å². The predicted octanol–water partition coefficient (Wildman–Crippen LogP) is 5.50. The molecule has 0 N–H and O–H groups in total. The fourth-order valence-corrected chi connectivity index (χ4v) is 4.15. The summed E-state index contributed by atoms with van der Waals surface area (Å²) in [5.74, 6) is 1.90. The Bertz CT molecular complexity index is 945. The average Bonchev–Trinajstić information content (AvgIpc) is 2.91. The van der Waals surface area contributed by atoms with E-state index in [1.165, 1.54) is 40.7 Å². The largest absolute Gasteiger partial charge is 0.355 e. The van der Waals surface area contributed by atoms with Crippen molar-refractivity contribution in [3.63, 3.8) is 0 Å². The maximum Gasteiger partial charge on any atom is 0.156 e. The molecule has 2 aromatic heterocycles. The first kappa shape index (κ1) is 19.4. The molecule has 0 aliphatic rings. The first-order valence-corrected chi connectivity index (χ1v) is 10.0. The molecule has 0 aliphatic carbocycles. The van der Waals surface area contributed by atoms with E-state index in [4.69, 9.17) is 9.97 Å². The number of anilines is 1. The fraction of sp³-hybridized carbons (Fsp3) is 0.478. The first-order valence-electron chi connectivity index (χ1n) is 10.0.